The Labute approximate surface area is 344 Å². The van der Waals surface area contributed by atoms with Gasteiger partial charge in [0.25, 0.3) is 0 Å². The summed E-state index contributed by atoms with van der Waals surface area (Å²) in [5.41, 5.74) is 6.34. The summed E-state index contributed by atoms with van der Waals surface area (Å²) in [7, 11) is -1.64. The van der Waals surface area contributed by atoms with Gasteiger partial charge < -0.3 is 19.1 Å². The predicted octanol–water partition coefficient (Wildman–Crippen LogP) is 10.9. The van der Waals surface area contributed by atoms with Crippen LogP contribution in [0.4, 0.5) is 5.69 Å². The molecule has 0 atom stereocenters. The molecule has 2 aromatic carbocycles. The zero-order valence-corrected chi connectivity index (χ0v) is 42.6. The molecule has 1 saturated heterocycles. The predicted molar refractivity (Wildman–Crippen MR) is 228 cm³/mol. The standard InChI is InChI=1S/C27H39NO.2C4H14NSi2.C4H8O.Nd/c1-17(2)21-12-11-13-22(18(3)4)24(21)28-16-19-14-20(26(5,6)7)15-23(25(19)29)27(8,9)10;2*1-6(2)5-7(3)4;1-2-4-5-3-1;/h11-18,29H,1-10H3;6-7H,1-4H3;5-6H,1-4H3;1-4H2;/q;-1;;;. The van der Waals surface area contributed by atoms with Gasteiger partial charge in [-0.05, 0) is 58.3 Å². The smallest absolute Gasteiger partial charge is 0.128 e. The van der Waals surface area contributed by atoms with Crippen molar-refractivity contribution in [1.82, 2.24) is 4.65 Å². The fourth-order valence-corrected chi connectivity index (χ4v) is 14.6. The van der Waals surface area contributed by atoms with E-state index in [1.165, 1.54) is 29.5 Å². The number of phenols is 1. The third-order valence-corrected chi connectivity index (χ3v) is 16.9. The van der Waals surface area contributed by atoms with Gasteiger partial charge in [-0.3, -0.25) is 4.99 Å². The summed E-state index contributed by atoms with van der Waals surface area (Å²) in [6.45, 7) is 42.1. The van der Waals surface area contributed by atoms with Crippen LogP contribution in [0.2, 0.25) is 52.4 Å². The Balaban J connectivity index is 0. The molecule has 2 N–H and O–H groups in total. The van der Waals surface area contributed by atoms with Crippen molar-refractivity contribution in [1.29, 1.82) is 0 Å². The maximum Gasteiger partial charge on any atom is 0.128 e. The van der Waals surface area contributed by atoms with Gasteiger partial charge in [-0.25, -0.2) is 0 Å². The van der Waals surface area contributed by atoms with Crippen molar-refractivity contribution < 1.29 is 50.7 Å². The molecule has 0 aliphatic carbocycles. The van der Waals surface area contributed by atoms with Crippen molar-refractivity contribution in [3.8, 4) is 5.75 Å². The van der Waals surface area contributed by atoms with Crippen molar-refractivity contribution in [2.45, 2.75) is 157 Å². The van der Waals surface area contributed by atoms with Crippen LogP contribution in [0.5, 0.6) is 5.75 Å². The molecule has 0 saturated carbocycles. The molecule has 2 aromatic rings. The van der Waals surface area contributed by atoms with Crippen molar-refractivity contribution in [3.05, 3.63) is 62.8 Å². The van der Waals surface area contributed by atoms with Crippen LogP contribution in [0.3, 0.4) is 0 Å². The minimum Gasteiger partial charge on any atom is -0.672 e. The van der Waals surface area contributed by atoms with Gasteiger partial charge in [0.2, 0.25) is 0 Å². The number of ether oxygens (including phenoxy) is 1. The van der Waals surface area contributed by atoms with E-state index in [0.29, 0.717) is 17.6 Å². The summed E-state index contributed by atoms with van der Waals surface area (Å²) >= 11 is 0. The molecule has 1 fully saturated rings. The van der Waals surface area contributed by atoms with Gasteiger partial charge in [-0.15, -0.1) is 0 Å². The second kappa shape index (κ2) is 25.1. The van der Waals surface area contributed by atoms with Crippen LogP contribution in [0.15, 0.2) is 35.3 Å². The summed E-state index contributed by atoms with van der Waals surface area (Å²) in [5.74, 6) is 1.11. The number of phenolic OH excluding ortho intramolecular Hbond substituents is 1. The maximum absolute atomic E-state index is 11.1. The first kappa shape index (κ1) is 51.1. The van der Waals surface area contributed by atoms with Gasteiger partial charge in [-0.2, -0.15) is 0 Å². The van der Waals surface area contributed by atoms with Crippen LogP contribution in [0, 0.1) is 40.8 Å². The van der Waals surface area contributed by atoms with Crippen LogP contribution < -0.4 is 4.65 Å². The van der Waals surface area contributed by atoms with E-state index >= 15 is 0 Å². The fourth-order valence-electron chi connectivity index (χ4n) is 5.24. The summed E-state index contributed by atoms with van der Waals surface area (Å²) in [6.07, 6.45) is 4.41. The van der Waals surface area contributed by atoms with Gasteiger partial charge >= 0.3 is 0 Å². The number of hydrogen-bond donors (Lipinski definition) is 2. The van der Waals surface area contributed by atoms with Gasteiger partial charge in [0, 0.05) is 71.4 Å². The Bertz CT molecular complexity index is 1160. The molecule has 10 heteroatoms. The molecule has 0 aromatic heterocycles. The molecule has 0 amide bonds. The van der Waals surface area contributed by atoms with Crippen LogP contribution in [0.1, 0.15) is 122 Å². The quantitative estimate of drug-likeness (QED) is 0.205. The minimum atomic E-state index is -0.542. The Morgan fingerprint density at radius 2 is 1.31 bits per heavy atom. The van der Waals surface area contributed by atoms with Crippen LogP contribution in [0.25, 0.3) is 4.65 Å². The van der Waals surface area contributed by atoms with E-state index in [9.17, 15) is 5.11 Å². The van der Waals surface area contributed by atoms with Crippen molar-refractivity contribution in [2.24, 2.45) is 4.99 Å². The molecule has 1 radical (unpaired) electrons. The van der Waals surface area contributed by atoms with Gasteiger partial charge in [0.1, 0.15) is 14.7 Å². The van der Waals surface area contributed by atoms with Crippen LogP contribution >= 0.6 is 0 Å². The Morgan fingerprint density at radius 1 is 0.837 bits per heavy atom. The number of hydrogen-bond acceptors (Lipinski definition) is 4. The molecule has 279 valence electrons. The van der Waals surface area contributed by atoms with E-state index in [1.807, 2.05) is 6.21 Å². The third-order valence-electron chi connectivity index (χ3n) is 7.49. The van der Waals surface area contributed by atoms with E-state index in [2.05, 4.69) is 161 Å². The SMILES string of the molecule is C1CCOC1.CC(C)c1cccc(C(C)C)c1N=Cc1cc(C(C)(C)C)cc(C(C)(C)C)c1O.C[SiH](C)[N-][SiH](C)C.C[Si](C)N[SiH](C)C.[Nd]. The molecule has 1 aliphatic heterocycles. The number of nitrogens with zero attached hydrogens (tertiary/aromatic N) is 2. The molecule has 1 heterocycles. The van der Waals surface area contributed by atoms with Crippen LogP contribution in [-0.2, 0) is 15.6 Å². The molecule has 1 aliphatic rings. The zero-order valence-electron chi connectivity index (χ0n) is 34.9. The van der Waals surface area contributed by atoms with E-state index in [-0.39, 0.29) is 60.6 Å². The molecule has 5 nitrogen and oxygen atoms in total. The molecule has 3 rings (SSSR count). The Morgan fingerprint density at radius 3 is 1.57 bits per heavy atom. The number of aliphatic imine (C=N–C) groups is 1. The van der Waals surface area contributed by atoms with Gasteiger partial charge in [-0.1, -0.05) is 164 Å². The second-order valence-electron chi connectivity index (χ2n) is 16.8. The van der Waals surface area contributed by atoms with Gasteiger partial charge in [0.05, 0.1) is 14.6 Å². The fraction of sp³-hybridized carbons (Fsp3) is 0.667. The van der Waals surface area contributed by atoms with E-state index in [1.54, 1.807) is 0 Å². The molecular weight excluding hydrogens is 799 g/mol. The Hall–Kier alpha value is 0.00818. The molecule has 0 unspecified atom stereocenters. The zero-order chi connectivity index (χ0) is 37.4. The van der Waals surface area contributed by atoms with Crippen molar-refractivity contribution in [3.63, 3.8) is 0 Å². The number of nitrogens with one attached hydrogen (secondary N) is 1. The maximum atomic E-state index is 11.1. The first-order valence-corrected chi connectivity index (χ1v) is 29.4. The van der Waals surface area contributed by atoms with Crippen molar-refractivity contribution in [2.75, 3.05) is 13.2 Å². The summed E-state index contributed by atoms with van der Waals surface area (Å²) < 4.78 is 13.0. The molecule has 0 spiro atoms. The average Bonchev–Trinajstić information content (AvgIpc) is 3.50. The normalized spacial score (nSPS) is 13.4. The number of aromatic hydroxyl groups is 1. The van der Waals surface area contributed by atoms with Crippen molar-refractivity contribution >= 4 is 47.7 Å². The average molecular weight is 875 g/mol. The number of benzene rings is 2. The number of para-hydroxylation sites is 1. The van der Waals surface area contributed by atoms with E-state index < -0.39 is 26.9 Å². The molecule has 49 heavy (non-hydrogen) atoms. The van der Waals surface area contributed by atoms with Gasteiger partial charge in [0.15, 0.2) is 0 Å². The first-order valence-electron chi connectivity index (χ1n) is 18.4. The summed E-state index contributed by atoms with van der Waals surface area (Å²) in [4.78, 5) is 4.94. The Kier molecular flexibility index (Phi) is 26.2. The summed E-state index contributed by atoms with van der Waals surface area (Å²) in [6, 6.07) is 10.7. The van der Waals surface area contributed by atoms with Crippen LogP contribution in [-0.4, -0.2) is 60.4 Å². The topological polar surface area (TPSA) is 68.0 Å². The molecule has 0 bridgehead atoms. The van der Waals surface area contributed by atoms with E-state index in [0.717, 1.165) is 30.0 Å². The number of rotatable bonds is 8. The summed E-state index contributed by atoms with van der Waals surface area (Å²) in [5, 5.41) is 11.1. The second-order valence-corrected chi connectivity index (χ2v) is 27.8. The first-order chi connectivity index (χ1) is 22.0. The minimum absolute atomic E-state index is 0. The molecular formula is C39H75N3NdO2Si4-. The largest absolute Gasteiger partial charge is 0.672 e. The monoisotopic (exact) mass is 871 g/mol. The van der Waals surface area contributed by atoms with E-state index in [4.69, 9.17) is 9.73 Å². The third kappa shape index (κ3) is 22.0.